The fraction of sp³-hybridized carbons (Fsp3) is 0.620. The molecule has 0 saturated carbocycles. The Morgan fingerprint density at radius 3 is 1.73 bits per heavy atom. The van der Waals surface area contributed by atoms with Crippen LogP contribution in [0.25, 0.3) is 11.1 Å². The van der Waals surface area contributed by atoms with Gasteiger partial charge in [0.2, 0.25) is 47.3 Å². The lowest BCUT2D eigenvalue weighted by molar-refractivity contribution is -0.177. The van der Waals surface area contributed by atoms with E-state index < -0.39 is 137 Å². The van der Waals surface area contributed by atoms with Crippen molar-refractivity contribution in [3.8, 4) is 11.1 Å². The van der Waals surface area contributed by atoms with Gasteiger partial charge in [-0.3, -0.25) is 43.2 Å². The number of nitrogens with one attached hydrogen (secondary N) is 3. The lowest BCUT2D eigenvalue weighted by Crippen LogP contribution is -2.63. The summed E-state index contributed by atoms with van der Waals surface area (Å²) >= 11 is 0. The summed E-state index contributed by atoms with van der Waals surface area (Å²) in [5, 5.41) is 20.7. The van der Waals surface area contributed by atoms with E-state index >= 15 is 28.8 Å². The summed E-state index contributed by atoms with van der Waals surface area (Å²) in [6.07, 6.45) is 1.55. The molecule has 0 spiro atoms. The molecule has 516 valence electrons. The Morgan fingerprint density at radius 1 is 0.617 bits per heavy atom. The molecule has 4 N–H and O–H groups in total. The van der Waals surface area contributed by atoms with E-state index in [1.165, 1.54) is 61.6 Å². The Balaban J connectivity index is 1.50. The first kappa shape index (κ1) is 75.1. The Hall–Kier alpha value is -7.95. The number of benzene rings is 2. The van der Waals surface area contributed by atoms with E-state index in [9.17, 15) is 24.3 Å². The Morgan fingerprint density at radius 2 is 1.19 bits per heavy atom. The van der Waals surface area contributed by atoms with Crippen LogP contribution in [0, 0.1) is 29.6 Å². The molecule has 0 bridgehead atoms. The monoisotopic (exact) mass is 1300 g/mol. The third kappa shape index (κ3) is 18.3. The van der Waals surface area contributed by atoms with Gasteiger partial charge < -0.3 is 60.1 Å². The van der Waals surface area contributed by atoms with Crippen LogP contribution in [0.2, 0.25) is 0 Å². The molecule has 6 rings (SSSR count). The number of rotatable bonds is 15. The molecule has 94 heavy (non-hydrogen) atoms. The highest BCUT2D eigenvalue weighted by molar-refractivity contribution is 5.99. The van der Waals surface area contributed by atoms with E-state index in [1.54, 1.807) is 90.8 Å². The fourth-order valence-electron chi connectivity index (χ4n) is 13.2. The lowest BCUT2D eigenvalue weighted by Gasteiger charge is -2.39. The number of hydrogen-bond donors (Lipinski definition) is 4. The zero-order valence-electron chi connectivity index (χ0n) is 58.5. The molecule has 9 amide bonds. The van der Waals surface area contributed by atoms with Gasteiger partial charge in [-0.05, 0) is 92.0 Å². The van der Waals surface area contributed by atoms with Crippen LogP contribution in [0.4, 0.5) is 5.82 Å². The maximum Gasteiger partial charge on any atom is 0.332 e. The van der Waals surface area contributed by atoms with Gasteiger partial charge in [-0.2, -0.15) is 0 Å². The molecule has 3 fully saturated rings. The minimum Gasteiger partial charge on any atom is -0.450 e. The second-order valence-corrected chi connectivity index (χ2v) is 27.8. The average Bonchev–Trinajstić information content (AvgIpc) is 1.21. The summed E-state index contributed by atoms with van der Waals surface area (Å²) in [7, 11) is 5.66. The van der Waals surface area contributed by atoms with Gasteiger partial charge >= 0.3 is 5.97 Å². The number of amides is 9. The zero-order valence-corrected chi connectivity index (χ0v) is 58.5. The number of carbonyl (C=O) groups excluding carboxylic acids is 10. The molecule has 23 nitrogen and oxygen atoms in total. The molecule has 0 radical (unpaired) electrons. The quantitative estimate of drug-likeness (QED) is 0.144. The number of pyridine rings is 1. The number of carbonyl (C=O) groups is 10. The SMILES string of the molecule is CC[C@H](C)[C@@H]1NC(=O)[C@@H]2CCCN2C(=O)[C@H](Cc2cccc(-c3ccc(N4CCN(C(C)=O)CC4)nc3)c2)N(C)C(=O)[C@H](Cc2ccccc2)NC(=O)C(C(C)C)N(C)C(=O)[C@@H]([C@@H](C)CC)OC(=O)[C@H](C(C)(C)O)N(C)C(=O)[C@H](CC(C)C)NC(=O)C(C(C)C)N(C)C1=O. The molecule has 23 heteroatoms. The van der Waals surface area contributed by atoms with Crippen molar-refractivity contribution in [2.75, 3.05) is 65.8 Å². The molecule has 4 heterocycles. The van der Waals surface area contributed by atoms with E-state index in [1.807, 2.05) is 63.2 Å². The average molecular weight is 1300 g/mol. The van der Waals surface area contributed by atoms with Gasteiger partial charge in [0, 0.05) is 98.4 Å². The van der Waals surface area contributed by atoms with Gasteiger partial charge in [-0.15, -0.1) is 0 Å². The molecular weight excluding hydrogens is 1200 g/mol. The van der Waals surface area contributed by atoms with Crippen molar-refractivity contribution in [1.82, 2.24) is 50.3 Å². The number of nitrogens with zero attached hydrogens (tertiary/aromatic N) is 8. The van der Waals surface area contributed by atoms with Gasteiger partial charge in [0.25, 0.3) is 5.91 Å². The maximum atomic E-state index is 15.8. The van der Waals surface area contributed by atoms with Gasteiger partial charge in [0.05, 0.1) is 5.60 Å². The minimum atomic E-state index is -1.99. The Kier molecular flexibility index (Phi) is 26.3. The highest BCUT2D eigenvalue weighted by Crippen LogP contribution is 2.30. The molecule has 3 aromatic rings. The first-order valence-corrected chi connectivity index (χ1v) is 33.5. The van der Waals surface area contributed by atoms with Crippen LogP contribution in [0.15, 0.2) is 72.9 Å². The van der Waals surface area contributed by atoms with Crippen molar-refractivity contribution in [2.24, 2.45) is 29.6 Å². The summed E-state index contributed by atoms with van der Waals surface area (Å²) in [6, 6.07) is 9.98. The third-order valence-electron chi connectivity index (χ3n) is 19.0. The number of esters is 1. The van der Waals surface area contributed by atoms with Crippen LogP contribution < -0.4 is 20.9 Å². The maximum absolute atomic E-state index is 15.8. The molecule has 2 unspecified atom stereocenters. The van der Waals surface area contributed by atoms with Crippen LogP contribution in [0.5, 0.6) is 0 Å². The normalized spacial score (nSPS) is 25.1. The molecule has 1 aromatic heterocycles. The minimum absolute atomic E-state index is 0.0278. The first-order chi connectivity index (χ1) is 44.2. The topological polar surface area (TPSA) is 272 Å². The molecule has 3 saturated heterocycles. The summed E-state index contributed by atoms with van der Waals surface area (Å²) in [5.74, 6) is -8.23. The van der Waals surface area contributed by atoms with E-state index in [0.717, 1.165) is 21.8 Å². The van der Waals surface area contributed by atoms with Crippen molar-refractivity contribution < 1.29 is 57.8 Å². The number of aromatic nitrogens is 1. The number of cyclic esters (lactones) is 1. The van der Waals surface area contributed by atoms with Crippen molar-refractivity contribution in [1.29, 1.82) is 0 Å². The third-order valence-corrected chi connectivity index (χ3v) is 19.0. The highest BCUT2D eigenvalue weighted by atomic mass is 16.6. The van der Waals surface area contributed by atoms with Crippen LogP contribution in [0.1, 0.15) is 133 Å². The van der Waals surface area contributed by atoms with E-state index in [0.29, 0.717) is 56.6 Å². The number of likely N-dealkylation sites (N-methyl/N-ethyl adjacent to an activating group) is 4. The Labute approximate surface area is 556 Å². The summed E-state index contributed by atoms with van der Waals surface area (Å²) in [5.41, 5.74) is 0.889. The van der Waals surface area contributed by atoms with Gasteiger partial charge in [0.15, 0.2) is 12.1 Å². The largest absolute Gasteiger partial charge is 0.450 e. The second kappa shape index (κ2) is 32.9. The van der Waals surface area contributed by atoms with Gasteiger partial charge in [0.1, 0.15) is 48.1 Å². The van der Waals surface area contributed by atoms with Crippen molar-refractivity contribution in [3.63, 3.8) is 0 Å². The number of fused-ring (bicyclic) bond motifs is 1. The number of aliphatic hydroxyl groups is 1. The van der Waals surface area contributed by atoms with Crippen LogP contribution in [0.3, 0.4) is 0 Å². The molecule has 0 aliphatic carbocycles. The lowest BCUT2D eigenvalue weighted by atomic mass is 9.93. The predicted molar refractivity (Wildman–Crippen MR) is 359 cm³/mol. The Bertz CT molecular complexity index is 3150. The zero-order chi connectivity index (χ0) is 69.8. The highest BCUT2D eigenvalue weighted by Gasteiger charge is 2.48. The first-order valence-electron chi connectivity index (χ1n) is 33.5. The fourth-order valence-corrected chi connectivity index (χ4v) is 13.2. The van der Waals surface area contributed by atoms with Gasteiger partial charge in [-0.1, -0.05) is 130 Å². The molecule has 3 aliphatic heterocycles. The molecular formula is C71H105N11O12. The summed E-state index contributed by atoms with van der Waals surface area (Å²) in [4.78, 5) is 164. The van der Waals surface area contributed by atoms with E-state index in [-0.39, 0.29) is 44.1 Å². The molecule has 2 aromatic carbocycles. The van der Waals surface area contributed by atoms with E-state index in [2.05, 4.69) is 20.9 Å². The smallest absolute Gasteiger partial charge is 0.332 e. The standard InChI is InChI=1S/C71H105N11O12/c1-18-45(9)57-68(90)77(15)58(43(5)6)63(85)73-52(37-42(3)4)66(88)79(17)61(71(12,13)93)70(92)94-60(46(10)19-2)69(91)78(16)59(44(7)8)64(86)74-53(39-48-25-21-20-22-26-48)65(87)76(14)55(67(89)82-32-24-29-54(82)62(84)75-57)40-49-27-23-28-50(38-49)51-30-31-56(72-41-51)81-35-33-80(34-36-81)47(11)83/h20-23,25-28,30-31,38,41-46,52-55,57-61,93H,18-19,24,29,32-37,39-40H2,1-17H3,(H,73,85)(H,74,86)(H,75,84)/t45-,46-,52-,53-,54-,55-,57-,58?,59?,60+,61+/m0/s1. The number of ether oxygens (including phenoxy) is 1. The van der Waals surface area contributed by atoms with Crippen LogP contribution in [-0.2, 0) is 65.5 Å². The second-order valence-electron chi connectivity index (χ2n) is 27.8. The number of hydrogen-bond acceptors (Lipinski definition) is 14. The van der Waals surface area contributed by atoms with E-state index in [4.69, 9.17) is 9.72 Å². The number of piperazine rings is 1. The molecule has 11 atom stereocenters. The van der Waals surface area contributed by atoms with Crippen LogP contribution in [-0.4, -0.2) is 220 Å². The van der Waals surface area contributed by atoms with Gasteiger partial charge in [-0.25, -0.2) is 9.78 Å². The van der Waals surface area contributed by atoms with Crippen molar-refractivity contribution in [3.05, 3.63) is 84.1 Å². The number of anilines is 1. The van der Waals surface area contributed by atoms with Crippen LogP contribution >= 0.6 is 0 Å². The van der Waals surface area contributed by atoms with Crippen molar-refractivity contribution >= 4 is 65.0 Å². The van der Waals surface area contributed by atoms with Crippen molar-refractivity contribution in [2.45, 2.75) is 195 Å². The summed E-state index contributed by atoms with van der Waals surface area (Å²) in [6.45, 7) is 24.6. The molecule has 3 aliphatic rings. The predicted octanol–water partition coefficient (Wildman–Crippen LogP) is 5.10. The summed E-state index contributed by atoms with van der Waals surface area (Å²) < 4.78 is 6.15.